The van der Waals surface area contributed by atoms with E-state index < -0.39 is 0 Å². The summed E-state index contributed by atoms with van der Waals surface area (Å²) < 4.78 is 8.21. The lowest BCUT2D eigenvalue weighted by molar-refractivity contribution is 0.0971. The zero-order valence-corrected chi connectivity index (χ0v) is 15.1. The highest BCUT2D eigenvalue weighted by molar-refractivity contribution is 14.1. The Labute approximate surface area is 146 Å². The third-order valence-electron chi connectivity index (χ3n) is 3.66. The number of hydrogen-bond acceptors (Lipinski definition) is 2. The molecule has 1 aliphatic carbocycles. The van der Waals surface area contributed by atoms with Crippen LogP contribution in [0.4, 0.5) is 0 Å². The van der Waals surface area contributed by atoms with Crippen LogP contribution in [0, 0.1) is 3.57 Å². The molecule has 0 N–H and O–H groups in total. The molecule has 0 unspecified atom stereocenters. The number of fused-ring (bicyclic) bond motifs is 1. The van der Waals surface area contributed by atoms with Crippen LogP contribution in [-0.4, -0.2) is 5.78 Å². The van der Waals surface area contributed by atoms with Crippen LogP contribution in [0.15, 0.2) is 40.9 Å². The third-order valence-corrected chi connectivity index (χ3v) is 5.10. The van der Waals surface area contributed by atoms with Crippen LogP contribution in [-0.2, 0) is 13.0 Å². The van der Waals surface area contributed by atoms with E-state index in [1.807, 2.05) is 24.3 Å². The molecule has 0 spiro atoms. The largest absolute Gasteiger partial charge is 0.489 e. The van der Waals surface area contributed by atoms with Crippen molar-refractivity contribution in [2.75, 3.05) is 0 Å². The van der Waals surface area contributed by atoms with Gasteiger partial charge in [-0.05, 0) is 59.7 Å². The Morgan fingerprint density at radius 3 is 2.90 bits per heavy atom. The van der Waals surface area contributed by atoms with Crippen molar-refractivity contribution in [1.29, 1.82) is 0 Å². The van der Waals surface area contributed by atoms with Crippen LogP contribution < -0.4 is 4.74 Å². The van der Waals surface area contributed by atoms with E-state index in [1.54, 1.807) is 0 Å². The Bertz CT molecular complexity index is 697. The lowest BCUT2D eigenvalue weighted by Crippen LogP contribution is -2.12. The molecule has 108 valence electrons. The molecular weight excluding hydrogens is 443 g/mol. The standard InChI is InChI=1S/C17H14BrIO2/c18-15-8-7-12(19)9-11(15)10-21-17-6-2-3-13-14(17)4-1-5-16(13)20/h2-3,6-9H,1,4-5,10H2. The molecule has 0 aliphatic heterocycles. The average molecular weight is 457 g/mol. The van der Waals surface area contributed by atoms with Gasteiger partial charge in [0.2, 0.25) is 0 Å². The quantitative estimate of drug-likeness (QED) is 0.597. The Morgan fingerprint density at radius 1 is 1.19 bits per heavy atom. The number of benzene rings is 2. The van der Waals surface area contributed by atoms with Gasteiger partial charge in [0.1, 0.15) is 12.4 Å². The fourth-order valence-corrected chi connectivity index (χ4v) is 3.51. The van der Waals surface area contributed by atoms with Gasteiger partial charge in [-0.1, -0.05) is 28.1 Å². The first-order valence-electron chi connectivity index (χ1n) is 6.87. The Hall–Kier alpha value is -0.880. The average Bonchev–Trinajstić information content (AvgIpc) is 2.49. The Kier molecular flexibility index (Phi) is 4.64. The minimum absolute atomic E-state index is 0.233. The number of ketones is 1. The molecule has 0 radical (unpaired) electrons. The van der Waals surface area contributed by atoms with Crippen LogP contribution in [0.1, 0.15) is 34.3 Å². The number of carbonyl (C=O) groups is 1. The summed E-state index contributed by atoms with van der Waals surface area (Å²) >= 11 is 5.84. The van der Waals surface area contributed by atoms with Crippen LogP contribution in [0.2, 0.25) is 0 Å². The minimum atomic E-state index is 0.233. The molecule has 1 aliphatic rings. The molecule has 3 rings (SSSR count). The summed E-state index contributed by atoms with van der Waals surface area (Å²) in [6.07, 6.45) is 2.49. The fraction of sp³-hybridized carbons (Fsp3) is 0.235. The van der Waals surface area contributed by atoms with E-state index in [1.165, 1.54) is 3.57 Å². The van der Waals surface area contributed by atoms with E-state index >= 15 is 0 Å². The molecule has 0 saturated carbocycles. The van der Waals surface area contributed by atoms with E-state index in [0.717, 1.165) is 39.8 Å². The number of hydrogen-bond donors (Lipinski definition) is 0. The summed E-state index contributed by atoms with van der Waals surface area (Å²) in [5, 5.41) is 0. The van der Waals surface area contributed by atoms with Crippen molar-refractivity contribution >= 4 is 44.3 Å². The number of Topliss-reactive ketones (excluding diaryl/α,β-unsaturated/α-hetero) is 1. The van der Waals surface area contributed by atoms with Gasteiger partial charge in [0.15, 0.2) is 5.78 Å². The molecule has 4 heteroatoms. The number of ether oxygens (including phenoxy) is 1. The zero-order valence-electron chi connectivity index (χ0n) is 11.4. The number of carbonyl (C=O) groups excluding carboxylic acids is 1. The normalized spacial score (nSPS) is 13.9. The predicted molar refractivity (Wildman–Crippen MR) is 94.9 cm³/mol. The Balaban J connectivity index is 1.84. The summed E-state index contributed by atoms with van der Waals surface area (Å²) in [4.78, 5) is 11.9. The second kappa shape index (κ2) is 6.48. The molecule has 0 amide bonds. The first-order chi connectivity index (χ1) is 10.1. The predicted octanol–water partition coefficient (Wildman–Crippen LogP) is 5.15. The molecule has 21 heavy (non-hydrogen) atoms. The van der Waals surface area contributed by atoms with Gasteiger partial charge >= 0.3 is 0 Å². The van der Waals surface area contributed by atoms with E-state index in [-0.39, 0.29) is 5.78 Å². The maximum atomic E-state index is 11.9. The van der Waals surface area contributed by atoms with Gasteiger partial charge in [0.25, 0.3) is 0 Å². The summed E-state index contributed by atoms with van der Waals surface area (Å²) in [5.41, 5.74) is 3.01. The first-order valence-corrected chi connectivity index (χ1v) is 8.74. The van der Waals surface area contributed by atoms with Crippen LogP contribution in [0.3, 0.4) is 0 Å². The van der Waals surface area contributed by atoms with Crippen molar-refractivity contribution in [3.05, 3.63) is 61.1 Å². The highest BCUT2D eigenvalue weighted by Gasteiger charge is 2.20. The molecule has 0 fully saturated rings. The van der Waals surface area contributed by atoms with E-state index in [0.29, 0.717) is 13.0 Å². The molecular formula is C17H14BrIO2. The molecule has 0 bridgehead atoms. The molecule has 2 aromatic rings. The van der Waals surface area contributed by atoms with Gasteiger partial charge in [-0.3, -0.25) is 4.79 Å². The smallest absolute Gasteiger partial charge is 0.163 e. The van der Waals surface area contributed by atoms with Crippen molar-refractivity contribution in [3.63, 3.8) is 0 Å². The van der Waals surface area contributed by atoms with Gasteiger partial charge in [0.05, 0.1) is 0 Å². The summed E-state index contributed by atoms with van der Waals surface area (Å²) in [7, 11) is 0. The van der Waals surface area contributed by atoms with Gasteiger partial charge in [-0.15, -0.1) is 0 Å². The van der Waals surface area contributed by atoms with Gasteiger partial charge < -0.3 is 4.74 Å². The summed E-state index contributed by atoms with van der Waals surface area (Å²) in [6, 6.07) is 12.0. The van der Waals surface area contributed by atoms with E-state index in [2.05, 4.69) is 50.7 Å². The second-order valence-electron chi connectivity index (χ2n) is 5.08. The topological polar surface area (TPSA) is 26.3 Å². The number of rotatable bonds is 3. The lowest BCUT2D eigenvalue weighted by Gasteiger charge is -2.19. The van der Waals surface area contributed by atoms with Gasteiger partial charge in [-0.2, -0.15) is 0 Å². The molecule has 2 aromatic carbocycles. The van der Waals surface area contributed by atoms with Gasteiger partial charge in [0, 0.05) is 31.2 Å². The Morgan fingerprint density at radius 2 is 2.05 bits per heavy atom. The van der Waals surface area contributed by atoms with Gasteiger partial charge in [-0.25, -0.2) is 0 Å². The van der Waals surface area contributed by atoms with Crippen molar-refractivity contribution in [1.82, 2.24) is 0 Å². The first kappa shape index (κ1) is 15.0. The maximum absolute atomic E-state index is 11.9. The molecule has 0 atom stereocenters. The molecule has 2 nitrogen and oxygen atoms in total. The monoisotopic (exact) mass is 456 g/mol. The SMILES string of the molecule is O=C1CCCc2c(OCc3cc(I)ccc3Br)cccc21. The highest BCUT2D eigenvalue weighted by atomic mass is 127. The minimum Gasteiger partial charge on any atom is -0.489 e. The maximum Gasteiger partial charge on any atom is 0.163 e. The van der Waals surface area contributed by atoms with E-state index in [4.69, 9.17) is 4.74 Å². The summed E-state index contributed by atoms with van der Waals surface area (Å²) in [5.74, 6) is 1.07. The molecule has 0 aromatic heterocycles. The van der Waals surface area contributed by atoms with Crippen molar-refractivity contribution in [3.8, 4) is 5.75 Å². The highest BCUT2D eigenvalue weighted by Crippen LogP contribution is 2.30. The van der Waals surface area contributed by atoms with Crippen molar-refractivity contribution in [2.24, 2.45) is 0 Å². The van der Waals surface area contributed by atoms with Crippen LogP contribution >= 0.6 is 38.5 Å². The zero-order chi connectivity index (χ0) is 14.8. The van der Waals surface area contributed by atoms with Crippen molar-refractivity contribution < 1.29 is 9.53 Å². The second-order valence-corrected chi connectivity index (χ2v) is 7.18. The van der Waals surface area contributed by atoms with E-state index in [9.17, 15) is 4.79 Å². The third kappa shape index (κ3) is 3.31. The number of halogens is 2. The van der Waals surface area contributed by atoms with Crippen molar-refractivity contribution in [2.45, 2.75) is 25.9 Å². The fourth-order valence-electron chi connectivity index (χ4n) is 2.59. The lowest BCUT2D eigenvalue weighted by atomic mass is 9.90. The summed E-state index contributed by atoms with van der Waals surface area (Å²) in [6.45, 7) is 0.502. The van der Waals surface area contributed by atoms with Crippen LogP contribution in [0.5, 0.6) is 5.75 Å². The molecule has 0 heterocycles. The molecule has 0 saturated heterocycles. The van der Waals surface area contributed by atoms with Crippen LogP contribution in [0.25, 0.3) is 0 Å².